The molecule has 0 saturated heterocycles. The van der Waals surface area contributed by atoms with Gasteiger partial charge in [0.2, 0.25) is 10.0 Å². The van der Waals surface area contributed by atoms with Crippen molar-refractivity contribution >= 4 is 20.8 Å². The number of aliphatic hydroxyl groups is 1. The van der Waals surface area contributed by atoms with E-state index in [4.69, 9.17) is 5.11 Å². The van der Waals surface area contributed by atoms with Crippen molar-refractivity contribution in [2.24, 2.45) is 0 Å². The van der Waals surface area contributed by atoms with Crippen LogP contribution in [-0.2, 0) is 10.0 Å². The quantitative estimate of drug-likeness (QED) is 0.879. The monoisotopic (exact) mass is 294 g/mol. The molecule has 0 aliphatic rings. The molecule has 1 aromatic heterocycles. The zero-order valence-electron chi connectivity index (χ0n) is 11.4. The lowest BCUT2D eigenvalue weighted by Gasteiger charge is -2.21. The summed E-state index contributed by atoms with van der Waals surface area (Å²) in [5.74, 6) is 0. The number of pyridine rings is 1. The minimum atomic E-state index is -3.56. The predicted molar refractivity (Wildman–Crippen MR) is 77.9 cm³/mol. The van der Waals surface area contributed by atoms with Gasteiger partial charge in [0, 0.05) is 42.9 Å². The van der Waals surface area contributed by atoms with E-state index in [1.54, 1.807) is 37.5 Å². The van der Waals surface area contributed by atoms with Crippen molar-refractivity contribution in [2.75, 3.05) is 19.7 Å². The standard InChI is InChI=1S/C14H18N2O3S/c1-2-16(9-4-10-17)20(18,19)14-6-3-5-12-11-15-8-7-13(12)14/h3,5-8,11,17H,2,4,9-10H2,1H3. The highest BCUT2D eigenvalue weighted by molar-refractivity contribution is 7.89. The van der Waals surface area contributed by atoms with Crippen LogP contribution >= 0.6 is 0 Å². The Labute approximate surface area is 118 Å². The van der Waals surface area contributed by atoms with E-state index in [1.807, 2.05) is 6.07 Å². The average Bonchev–Trinajstić information content (AvgIpc) is 2.47. The largest absolute Gasteiger partial charge is 0.396 e. The zero-order valence-corrected chi connectivity index (χ0v) is 12.2. The second-order valence-corrected chi connectivity index (χ2v) is 6.33. The van der Waals surface area contributed by atoms with Crippen LogP contribution in [0.2, 0.25) is 0 Å². The average molecular weight is 294 g/mol. The van der Waals surface area contributed by atoms with Gasteiger partial charge in [-0.25, -0.2) is 8.42 Å². The number of aliphatic hydroxyl groups excluding tert-OH is 1. The van der Waals surface area contributed by atoms with Crippen LogP contribution in [0.15, 0.2) is 41.6 Å². The summed E-state index contributed by atoms with van der Waals surface area (Å²) in [6.45, 7) is 2.47. The summed E-state index contributed by atoms with van der Waals surface area (Å²) >= 11 is 0. The minimum Gasteiger partial charge on any atom is -0.396 e. The molecule has 108 valence electrons. The first-order valence-electron chi connectivity index (χ1n) is 6.55. The topological polar surface area (TPSA) is 70.5 Å². The fourth-order valence-electron chi connectivity index (χ4n) is 2.15. The van der Waals surface area contributed by atoms with Gasteiger partial charge in [0.1, 0.15) is 0 Å². The Hall–Kier alpha value is -1.50. The van der Waals surface area contributed by atoms with E-state index < -0.39 is 10.0 Å². The zero-order chi connectivity index (χ0) is 14.6. The van der Waals surface area contributed by atoms with E-state index in [9.17, 15) is 8.42 Å². The van der Waals surface area contributed by atoms with E-state index in [-0.39, 0.29) is 11.5 Å². The fourth-order valence-corrected chi connectivity index (χ4v) is 3.85. The van der Waals surface area contributed by atoms with Gasteiger partial charge in [-0.15, -0.1) is 0 Å². The van der Waals surface area contributed by atoms with E-state index in [0.717, 1.165) is 5.39 Å². The van der Waals surface area contributed by atoms with Crippen LogP contribution in [0, 0.1) is 0 Å². The van der Waals surface area contributed by atoms with Gasteiger partial charge in [-0.05, 0) is 18.6 Å². The first-order valence-corrected chi connectivity index (χ1v) is 7.99. The number of hydrogen-bond acceptors (Lipinski definition) is 4. The smallest absolute Gasteiger partial charge is 0.243 e. The first kappa shape index (κ1) is 14.9. The number of nitrogens with zero attached hydrogens (tertiary/aromatic N) is 2. The second-order valence-electron chi connectivity index (χ2n) is 4.43. The molecule has 20 heavy (non-hydrogen) atoms. The molecule has 0 saturated carbocycles. The Kier molecular flexibility index (Phi) is 4.69. The maximum atomic E-state index is 12.7. The van der Waals surface area contributed by atoms with Crippen LogP contribution in [0.3, 0.4) is 0 Å². The number of benzene rings is 1. The lowest BCUT2D eigenvalue weighted by molar-refractivity contribution is 0.271. The molecular weight excluding hydrogens is 276 g/mol. The van der Waals surface area contributed by atoms with E-state index in [2.05, 4.69) is 4.98 Å². The summed E-state index contributed by atoms with van der Waals surface area (Å²) in [7, 11) is -3.56. The summed E-state index contributed by atoms with van der Waals surface area (Å²) in [6.07, 6.45) is 3.67. The van der Waals surface area contributed by atoms with Gasteiger partial charge >= 0.3 is 0 Å². The van der Waals surface area contributed by atoms with Gasteiger partial charge in [0.15, 0.2) is 0 Å². The highest BCUT2D eigenvalue weighted by atomic mass is 32.2. The SMILES string of the molecule is CCN(CCCO)S(=O)(=O)c1cccc2cnccc12. The van der Waals surface area contributed by atoms with Crippen LogP contribution in [0.1, 0.15) is 13.3 Å². The van der Waals surface area contributed by atoms with Crippen LogP contribution in [-0.4, -0.2) is 42.5 Å². The first-order chi connectivity index (χ1) is 9.61. The van der Waals surface area contributed by atoms with E-state index >= 15 is 0 Å². The van der Waals surface area contributed by atoms with Crippen LogP contribution in [0.5, 0.6) is 0 Å². The molecule has 1 aromatic carbocycles. The van der Waals surface area contributed by atoms with Gasteiger partial charge in [0.25, 0.3) is 0 Å². The van der Waals surface area contributed by atoms with Crippen molar-refractivity contribution in [3.63, 3.8) is 0 Å². The van der Waals surface area contributed by atoms with Crippen molar-refractivity contribution in [2.45, 2.75) is 18.2 Å². The van der Waals surface area contributed by atoms with Crippen molar-refractivity contribution in [1.29, 1.82) is 0 Å². The molecule has 0 radical (unpaired) electrons. The summed E-state index contributed by atoms with van der Waals surface area (Å²) in [5.41, 5.74) is 0. The number of rotatable bonds is 6. The van der Waals surface area contributed by atoms with Crippen molar-refractivity contribution in [3.8, 4) is 0 Å². The summed E-state index contributed by atoms with van der Waals surface area (Å²) in [6, 6.07) is 6.88. The van der Waals surface area contributed by atoms with Crippen molar-refractivity contribution in [3.05, 3.63) is 36.7 Å². The molecular formula is C14H18N2O3S. The molecule has 0 amide bonds. The number of aromatic nitrogens is 1. The number of sulfonamides is 1. The lowest BCUT2D eigenvalue weighted by Crippen LogP contribution is -2.32. The van der Waals surface area contributed by atoms with Crippen LogP contribution in [0.4, 0.5) is 0 Å². The maximum Gasteiger partial charge on any atom is 0.243 e. The van der Waals surface area contributed by atoms with Crippen LogP contribution < -0.4 is 0 Å². The second kappa shape index (κ2) is 6.30. The molecule has 1 heterocycles. The Balaban J connectivity index is 2.51. The molecule has 0 bridgehead atoms. The highest BCUT2D eigenvalue weighted by Crippen LogP contribution is 2.25. The summed E-state index contributed by atoms with van der Waals surface area (Å²) in [4.78, 5) is 4.30. The molecule has 0 aliphatic carbocycles. The van der Waals surface area contributed by atoms with Crippen LogP contribution in [0.25, 0.3) is 10.8 Å². The molecule has 6 heteroatoms. The van der Waals surface area contributed by atoms with Gasteiger partial charge in [0.05, 0.1) is 4.90 Å². The summed E-state index contributed by atoms with van der Waals surface area (Å²) < 4.78 is 26.8. The molecule has 2 rings (SSSR count). The molecule has 2 aromatic rings. The molecule has 0 fully saturated rings. The predicted octanol–water partition coefficient (Wildman–Crippen LogP) is 1.63. The number of fused-ring (bicyclic) bond motifs is 1. The Morgan fingerprint density at radius 2 is 2.10 bits per heavy atom. The Morgan fingerprint density at radius 3 is 2.80 bits per heavy atom. The Bertz CT molecular complexity index is 680. The number of hydrogen-bond donors (Lipinski definition) is 1. The van der Waals surface area contributed by atoms with Crippen molar-refractivity contribution < 1.29 is 13.5 Å². The normalized spacial score (nSPS) is 12.2. The van der Waals surface area contributed by atoms with E-state index in [0.29, 0.717) is 24.9 Å². The molecule has 1 N–H and O–H groups in total. The Morgan fingerprint density at radius 1 is 1.30 bits per heavy atom. The lowest BCUT2D eigenvalue weighted by atomic mass is 10.2. The highest BCUT2D eigenvalue weighted by Gasteiger charge is 2.24. The van der Waals surface area contributed by atoms with Crippen molar-refractivity contribution in [1.82, 2.24) is 9.29 Å². The molecule has 0 aliphatic heterocycles. The van der Waals surface area contributed by atoms with Gasteiger partial charge < -0.3 is 5.11 Å². The summed E-state index contributed by atoms with van der Waals surface area (Å²) in [5, 5.41) is 10.4. The third-order valence-corrected chi connectivity index (χ3v) is 5.21. The third kappa shape index (κ3) is 2.82. The third-order valence-electron chi connectivity index (χ3n) is 3.18. The van der Waals surface area contributed by atoms with Gasteiger partial charge in [-0.3, -0.25) is 4.98 Å². The molecule has 0 unspecified atom stereocenters. The molecule has 0 atom stereocenters. The fraction of sp³-hybridized carbons (Fsp3) is 0.357. The maximum absolute atomic E-state index is 12.7. The van der Waals surface area contributed by atoms with Gasteiger partial charge in [-0.1, -0.05) is 19.1 Å². The van der Waals surface area contributed by atoms with Gasteiger partial charge in [-0.2, -0.15) is 4.31 Å². The minimum absolute atomic E-state index is 0.0223. The molecule has 5 nitrogen and oxygen atoms in total. The molecule has 0 spiro atoms. The van der Waals surface area contributed by atoms with E-state index in [1.165, 1.54) is 4.31 Å².